The van der Waals surface area contributed by atoms with E-state index in [4.69, 9.17) is 4.74 Å². The molecule has 1 aliphatic carbocycles. The first-order valence-electron chi connectivity index (χ1n) is 5.83. The lowest BCUT2D eigenvalue weighted by Crippen LogP contribution is -2.41. The minimum Gasteiger partial charge on any atom is -0.374 e. The lowest BCUT2D eigenvalue weighted by Gasteiger charge is -2.27. The fraction of sp³-hybridized carbons (Fsp3) is 0.833. The van der Waals surface area contributed by atoms with Crippen molar-refractivity contribution in [2.75, 3.05) is 13.2 Å². The highest BCUT2D eigenvalue weighted by Gasteiger charge is 2.29. The Morgan fingerprint density at radius 3 is 3.07 bits per heavy atom. The van der Waals surface area contributed by atoms with E-state index in [2.05, 4.69) is 24.4 Å². The van der Waals surface area contributed by atoms with Gasteiger partial charge in [-0.1, -0.05) is 12.2 Å². The maximum absolute atomic E-state index is 5.74. The smallest absolute Gasteiger partial charge is 0.0779 e. The summed E-state index contributed by atoms with van der Waals surface area (Å²) >= 11 is 0. The Kier molecular flexibility index (Phi) is 3.24. The third kappa shape index (κ3) is 2.58. The Morgan fingerprint density at radius 2 is 2.43 bits per heavy atom. The van der Waals surface area contributed by atoms with Crippen LogP contribution in [0, 0.1) is 0 Å². The summed E-state index contributed by atoms with van der Waals surface area (Å²) in [6, 6.07) is 0.588. The molecule has 1 heterocycles. The van der Waals surface area contributed by atoms with Gasteiger partial charge in [0.05, 0.1) is 5.60 Å². The van der Waals surface area contributed by atoms with Gasteiger partial charge in [0.25, 0.3) is 0 Å². The number of rotatable bonds is 3. The van der Waals surface area contributed by atoms with Crippen molar-refractivity contribution in [1.82, 2.24) is 5.32 Å². The summed E-state index contributed by atoms with van der Waals surface area (Å²) in [5.74, 6) is 0. The first-order chi connectivity index (χ1) is 6.79. The van der Waals surface area contributed by atoms with Crippen molar-refractivity contribution < 1.29 is 4.74 Å². The second-order valence-electron chi connectivity index (χ2n) is 4.75. The summed E-state index contributed by atoms with van der Waals surface area (Å²) < 4.78 is 5.74. The molecule has 1 aliphatic heterocycles. The summed E-state index contributed by atoms with van der Waals surface area (Å²) in [4.78, 5) is 0. The van der Waals surface area contributed by atoms with Crippen molar-refractivity contribution in [2.45, 2.75) is 50.7 Å². The van der Waals surface area contributed by atoms with E-state index in [1.54, 1.807) is 0 Å². The van der Waals surface area contributed by atoms with Crippen LogP contribution in [-0.4, -0.2) is 24.8 Å². The zero-order valence-electron chi connectivity index (χ0n) is 9.09. The van der Waals surface area contributed by atoms with Gasteiger partial charge in [-0.2, -0.15) is 0 Å². The van der Waals surface area contributed by atoms with Gasteiger partial charge in [-0.25, -0.2) is 0 Å². The van der Waals surface area contributed by atoms with E-state index in [0.717, 1.165) is 13.2 Å². The van der Waals surface area contributed by atoms with Crippen molar-refractivity contribution in [3.63, 3.8) is 0 Å². The second kappa shape index (κ2) is 4.45. The third-order valence-corrected chi connectivity index (χ3v) is 3.29. The van der Waals surface area contributed by atoms with E-state index >= 15 is 0 Å². The minimum absolute atomic E-state index is 0.102. The summed E-state index contributed by atoms with van der Waals surface area (Å²) in [6.07, 6.45) is 10.9. The molecule has 2 atom stereocenters. The molecule has 2 rings (SSSR count). The first-order valence-corrected chi connectivity index (χ1v) is 5.83. The lowest BCUT2D eigenvalue weighted by molar-refractivity contribution is 0.0195. The van der Waals surface area contributed by atoms with E-state index < -0.39 is 0 Å². The van der Waals surface area contributed by atoms with E-state index in [1.807, 2.05) is 0 Å². The Hall–Kier alpha value is -0.340. The maximum Gasteiger partial charge on any atom is 0.0779 e. The molecule has 1 fully saturated rings. The Balaban J connectivity index is 1.75. The zero-order valence-corrected chi connectivity index (χ0v) is 9.09. The van der Waals surface area contributed by atoms with Crippen LogP contribution in [0.15, 0.2) is 12.2 Å². The molecule has 2 nitrogen and oxygen atoms in total. The Morgan fingerprint density at radius 1 is 1.50 bits per heavy atom. The van der Waals surface area contributed by atoms with Crippen molar-refractivity contribution in [3.05, 3.63) is 12.2 Å². The average molecular weight is 195 g/mol. The molecule has 0 spiro atoms. The largest absolute Gasteiger partial charge is 0.374 e. The molecule has 1 saturated heterocycles. The lowest BCUT2D eigenvalue weighted by atomic mass is 9.99. The van der Waals surface area contributed by atoms with Gasteiger partial charge in [-0.05, 0) is 39.0 Å². The van der Waals surface area contributed by atoms with Crippen LogP contribution in [-0.2, 0) is 4.74 Å². The van der Waals surface area contributed by atoms with Crippen LogP contribution in [0.3, 0.4) is 0 Å². The predicted octanol–water partition coefficient (Wildman–Crippen LogP) is 2.25. The van der Waals surface area contributed by atoms with Crippen LogP contribution in [0.2, 0.25) is 0 Å². The van der Waals surface area contributed by atoms with Crippen LogP contribution < -0.4 is 5.32 Å². The summed E-state index contributed by atoms with van der Waals surface area (Å²) in [5, 5.41) is 3.59. The molecule has 1 N–H and O–H groups in total. The number of nitrogens with one attached hydrogen (secondary N) is 1. The normalized spacial score (nSPS) is 37.6. The molecule has 0 aromatic heterocycles. The molecule has 0 bridgehead atoms. The van der Waals surface area contributed by atoms with E-state index in [-0.39, 0.29) is 5.60 Å². The highest BCUT2D eigenvalue weighted by atomic mass is 16.5. The van der Waals surface area contributed by atoms with Crippen LogP contribution in [0.4, 0.5) is 0 Å². The molecular formula is C12H21NO. The van der Waals surface area contributed by atoms with Gasteiger partial charge in [0.1, 0.15) is 0 Å². The third-order valence-electron chi connectivity index (χ3n) is 3.29. The summed E-state index contributed by atoms with van der Waals surface area (Å²) in [7, 11) is 0. The van der Waals surface area contributed by atoms with E-state index in [1.165, 1.54) is 32.1 Å². The number of hydrogen-bond donors (Lipinski definition) is 1. The van der Waals surface area contributed by atoms with Crippen LogP contribution in [0.1, 0.15) is 39.0 Å². The molecular weight excluding hydrogens is 174 g/mol. The van der Waals surface area contributed by atoms with E-state index in [9.17, 15) is 0 Å². The first kappa shape index (κ1) is 10.2. The fourth-order valence-electron chi connectivity index (χ4n) is 2.31. The van der Waals surface area contributed by atoms with Gasteiger partial charge in [0.15, 0.2) is 0 Å². The minimum atomic E-state index is 0.102. The Labute approximate surface area is 86.7 Å². The fourth-order valence-corrected chi connectivity index (χ4v) is 2.31. The van der Waals surface area contributed by atoms with Gasteiger partial charge in [-0.3, -0.25) is 0 Å². The van der Waals surface area contributed by atoms with Gasteiger partial charge < -0.3 is 10.1 Å². The van der Waals surface area contributed by atoms with Gasteiger partial charge in [-0.15, -0.1) is 0 Å². The van der Waals surface area contributed by atoms with E-state index in [0.29, 0.717) is 6.04 Å². The van der Waals surface area contributed by atoms with Crippen molar-refractivity contribution in [3.8, 4) is 0 Å². The van der Waals surface area contributed by atoms with Crippen molar-refractivity contribution in [1.29, 1.82) is 0 Å². The molecule has 0 aromatic carbocycles. The van der Waals surface area contributed by atoms with Gasteiger partial charge in [0.2, 0.25) is 0 Å². The summed E-state index contributed by atoms with van der Waals surface area (Å²) in [5.41, 5.74) is 0.102. The Bertz CT molecular complexity index is 206. The monoisotopic (exact) mass is 195 g/mol. The number of allylic oxidation sites excluding steroid dienone is 1. The van der Waals surface area contributed by atoms with Crippen LogP contribution in [0.5, 0.6) is 0 Å². The molecule has 2 heteroatoms. The average Bonchev–Trinajstić information content (AvgIpc) is 2.65. The second-order valence-corrected chi connectivity index (χ2v) is 4.75. The molecule has 2 unspecified atom stereocenters. The quantitative estimate of drug-likeness (QED) is 0.697. The van der Waals surface area contributed by atoms with Crippen LogP contribution >= 0.6 is 0 Å². The highest BCUT2D eigenvalue weighted by molar-refractivity contribution is 4.98. The SMILES string of the molecule is CC1(CNC2C=CCCC2)CCCO1. The predicted molar refractivity (Wildman–Crippen MR) is 58.4 cm³/mol. The number of ether oxygens (including phenoxy) is 1. The van der Waals surface area contributed by atoms with Gasteiger partial charge in [0, 0.05) is 19.2 Å². The highest BCUT2D eigenvalue weighted by Crippen LogP contribution is 2.24. The molecule has 80 valence electrons. The standard InChI is InChI=1S/C12H21NO/c1-12(8-5-9-14-12)10-13-11-6-3-2-4-7-11/h3,6,11,13H,2,4-5,7-10H2,1H3. The van der Waals surface area contributed by atoms with Crippen molar-refractivity contribution >= 4 is 0 Å². The van der Waals surface area contributed by atoms with Crippen molar-refractivity contribution in [2.24, 2.45) is 0 Å². The maximum atomic E-state index is 5.74. The van der Waals surface area contributed by atoms with Gasteiger partial charge >= 0.3 is 0 Å². The summed E-state index contributed by atoms with van der Waals surface area (Å²) in [6.45, 7) is 4.17. The molecule has 0 radical (unpaired) electrons. The molecule has 0 saturated carbocycles. The molecule has 14 heavy (non-hydrogen) atoms. The molecule has 2 aliphatic rings. The van der Waals surface area contributed by atoms with Crippen LogP contribution in [0.25, 0.3) is 0 Å². The zero-order chi connectivity index (χ0) is 9.86. The topological polar surface area (TPSA) is 21.3 Å². The molecule has 0 amide bonds. The molecule has 0 aromatic rings. The number of hydrogen-bond acceptors (Lipinski definition) is 2.